The number of aliphatic hydroxyl groups excluding tert-OH is 1. The summed E-state index contributed by atoms with van der Waals surface area (Å²) >= 11 is 0. The number of aromatic nitrogens is 3. The average molecular weight is 339 g/mol. The van der Waals surface area contributed by atoms with Crippen molar-refractivity contribution in [3.05, 3.63) is 64.4 Å². The van der Waals surface area contributed by atoms with E-state index in [-0.39, 0.29) is 0 Å². The monoisotopic (exact) mass is 339 g/mol. The molecule has 0 saturated carbocycles. The molecule has 2 aromatic heterocycles. The Bertz CT molecular complexity index is 926. The first-order valence-corrected chi connectivity index (χ1v) is 8.41. The molecule has 4 nitrogen and oxygen atoms in total. The number of imidazole rings is 1. The van der Waals surface area contributed by atoms with E-state index in [4.69, 9.17) is 10.1 Å². The van der Waals surface area contributed by atoms with Gasteiger partial charge in [-0.05, 0) is 42.7 Å². The highest BCUT2D eigenvalue weighted by Crippen LogP contribution is 2.21. The highest BCUT2D eigenvalue weighted by Gasteiger charge is 2.13. The van der Waals surface area contributed by atoms with Gasteiger partial charge in [0.05, 0.1) is 13.2 Å². The maximum Gasteiger partial charge on any atom is 0.160 e. The predicted octanol–water partition coefficient (Wildman–Crippen LogP) is 3.96. The zero-order chi connectivity index (χ0) is 18.0. The molecule has 2 heterocycles. The number of hydrogen-bond donors (Lipinski definition) is 1. The van der Waals surface area contributed by atoms with Crippen molar-refractivity contribution < 1.29 is 9.50 Å². The molecule has 0 aliphatic carbocycles. The summed E-state index contributed by atoms with van der Waals surface area (Å²) in [6.45, 7) is 6.23. The molecule has 0 spiro atoms. The molecule has 0 saturated heterocycles. The number of fused-ring (bicyclic) bond motifs is 1. The Morgan fingerprint density at radius 1 is 1.20 bits per heavy atom. The first kappa shape index (κ1) is 17.3. The van der Waals surface area contributed by atoms with Crippen LogP contribution in [0.5, 0.6) is 0 Å². The van der Waals surface area contributed by atoms with Crippen LogP contribution in [0, 0.1) is 13.8 Å². The molecule has 3 rings (SSSR count). The van der Waals surface area contributed by atoms with E-state index in [1.807, 2.05) is 31.2 Å². The van der Waals surface area contributed by atoms with E-state index in [0.717, 1.165) is 45.8 Å². The molecule has 25 heavy (non-hydrogen) atoms. The topological polar surface area (TPSA) is 50.9 Å². The molecule has 0 fully saturated rings. The Morgan fingerprint density at radius 2 is 1.92 bits per heavy atom. The zero-order valence-corrected chi connectivity index (χ0v) is 14.8. The smallest absolute Gasteiger partial charge is 0.160 e. The van der Waals surface area contributed by atoms with Gasteiger partial charge in [-0.15, -0.1) is 0 Å². The van der Waals surface area contributed by atoms with Crippen molar-refractivity contribution in [3.8, 4) is 0 Å². The van der Waals surface area contributed by atoms with E-state index in [9.17, 15) is 4.39 Å². The lowest BCUT2D eigenvalue weighted by Gasteiger charge is -2.09. The molecular weight excluding hydrogens is 317 g/mol. The second kappa shape index (κ2) is 7.15. The van der Waals surface area contributed by atoms with Gasteiger partial charge in [-0.25, -0.2) is 14.4 Å². The van der Waals surface area contributed by atoms with Crippen LogP contribution in [0.3, 0.4) is 0 Å². The summed E-state index contributed by atoms with van der Waals surface area (Å²) in [4.78, 5) is 9.43. The highest BCUT2D eigenvalue weighted by molar-refractivity contribution is 5.76. The lowest BCUT2D eigenvalue weighted by atomic mass is 10.1. The fraction of sp³-hybridized carbons (Fsp3) is 0.300. The number of rotatable bonds is 5. The van der Waals surface area contributed by atoms with E-state index >= 15 is 0 Å². The lowest BCUT2D eigenvalue weighted by Crippen LogP contribution is -2.05. The van der Waals surface area contributed by atoms with Crippen LogP contribution in [0.2, 0.25) is 0 Å². The van der Waals surface area contributed by atoms with Crippen molar-refractivity contribution in [3.63, 3.8) is 0 Å². The van der Waals surface area contributed by atoms with Gasteiger partial charge in [0, 0.05) is 12.1 Å². The zero-order valence-electron chi connectivity index (χ0n) is 14.8. The van der Waals surface area contributed by atoms with Crippen LogP contribution < -0.4 is 0 Å². The first-order valence-electron chi connectivity index (χ1n) is 8.41. The number of aliphatic hydroxyl groups is 1. The highest BCUT2D eigenvalue weighted by atomic mass is 19.1. The summed E-state index contributed by atoms with van der Waals surface area (Å²) < 4.78 is 15.3. The molecule has 0 atom stereocenters. The summed E-state index contributed by atoms with van der Waals surface area (Å²) in [6, 6.07) is 9.67. The standard InChI is InChI=1S/C20H22FN3O/c1-4-18-23-19-13(2)9-14(3)22-20(19)24(18)11-16-7-5-15(6-8-16)10-17(21)12-25/h5-10,25H,4,11-12H2,1-3H3/b17-10-. The number of hydrogen-bond acceptors (Lipinski definition) is 3. The summed E-state index contributed by atoms with van der Waals surface area (Å²) in [5.74, 6) is 0.461. The van der Waals surface area contributed by atoms with Crippen LogP contribution in [-0.4, -0.2) is 26.2 Å². The maximum atomic E-state index is 13.2. The molecule has 0 aliphatic heterocycles. The Morgan fingerprint density at radius 3 is 2.56 bits per heavy atom. The third-order valence-electron chi connectivity index (χ3n) is 4.21. The van der Waals surface area contributed by atoms with Crippen LogP contribution in [-0.2, 0) is 13.0 Å². The molecule has 3 aromatic rings. The van der Waals surface area contributed by atoms with Gasteiger partial charge >= 0.3 is 0 Å². The van der Waals surface area contributed by atoms with E-state index in [0.29, 0.717) is 6.54 Å². The minimum atomic E-state index is -0.576. The maximum absolute atomic E-state index is 13.2. The molecule has 0 radical (unpaired) electrons. The van der Waals surface area contributed by atoms with Crippen LogP contribution in [0.25, 0.3) is 17.2 Å². The third kappa shape index (κ3) is 3.61. The fourth-order valence-corrected chi connectivity index (χ4v) is 3.01. The van der Waals surface area contributed by atoms with E-state index in [1.54, 1.807) is 0 Å². The van der Waals surface area contributed by atoms with Crippen molar-refractivity contribution in [2.45, 2.75) is 33.7 Å². The Hall–Kier alpha value is -2.53. The molecule has 1 N–H and O–H groups in total. The van der Waals surface area contributed by atoms with Crippen molar-refractivity contribution in [1.82, 2.24) is 14.5 Å². The van der Waals surface area contributed by atoms with Gasteiger partial charge in [-0.3, -0.25) is 0 Å². The quantitative estimate of drug-likeness (QED) is 0.765. The largest absolute Gasteiger partial charge is 0.389 e. The number of aryl methyl sites for hydroxylation is 3. The third-order valence-corrected chi connectivity index (χ3v) is 4.21. The van der Waals surface area contributed by atoms with E-state index in [1.165, 1.54) is 6.08 Å². The van der Waals surface area contributed by atoms with Crippen LogP contribution in [0.1, 0.15) is 35.1 Å². The van der Waals surface area contributed by atoms with Gasteiger partial charge in [-0.2, -0.15) is 0 Å². The minimum absolute atomic E-state index is 0.545. The van der Waals surface area contributed by atoms with Gasteiger partial charge in [0.15, 0.2) is 5.65 Å². The predicted molar refractivity (Wildman–Crippen MR) is 98.1 cm³/mol. The number of pyridine rings is 1. The van der Waals surface area contributed by atoms with Crippen molar-refractivity contribution >= 4 is 17.2 Å². The lowest BCUT2D eigenvalue weighted by molar-refractivity contribution is 0.300. The van der Waals surface area contributed by atoms with Crippen LogP contribution >= 0.6 is 0 Å². The van der Waals surface area contributed by atoms with Gasteiger partial charge in [-0.1, -0.05) is 31.2 Å². The van der Waals surface area contributed by atoms with E-state index < -0.39 is 12.4 Å². The normalized spacial score (nSPS) is 12.1. The fourth-order valence-electron chi connectivity index (χ4n) is 3.01. The number of nitrogens with zero attached hydrogens (tertiary/aromatic N) is 3. The van der Waals surface area contributed by atoms with Crippen molar-refractivity contribution in [2.24, 2.45) is 0 Å². The van der Waals surface area contributed by atoms with Crippen LogP contribution in [0.15, 0.2) is 36.2 Å². The minimum Gasteiger partial charge on any atom is -0.389 e. The van der Waals surface area contributed by atoms with Crippen LogP contribution in [0.4, 0.5) is 4.39 Å². The van der Waals surface area contributed by atoms with Crippen molar-refractivity contribution in [1.29, 1.82) is 0 Å². The Balaban J connectivity index is 1.97. The first-order chi connectivity index (χ1) is 12.0. The molecular formula is C20H22FN3O. The summed E-state index contributed by atoms with van der Waals surface area (Å²) in [5.41, 5.74) is 5.80. The van der Waals surface area contributed by atoms with Gasteiger partial charge < -0.3 is 9.67 Å². The molecule has 1 aromatic carbocycles. The molecule has 0 amide bonds. The summed E-state index contributed by atoms with van der Waals surface area (Å²) in [7, 11) is 0. The summed E-state index contributed by atoms with van der Waals surface area (Å²) in [6.07, 6.45) is 2.17. The Labute approximate surface area is 146 Å². The number of benzene rings is 1. The van der Waals surface area contributed by atoms with Gasteiger partial charge in [0.2, 0.25) is 0 Å². The Kier molecular flexibility index (Phi) is 4.95. The molecule has 5 heteroatoms. The molecule has 130 valence electrons. The molecule has 0 aliphatic rings. The second-order valence-corrected chi connectivity index (χ2v) is 6.21. The molecule has 0 bridgehead atoms. The van der Waals surface area contributed by atoms with E-state index in [2.05, 4.69) is 29.5 Å². The second-order valence-electron chi connectivity index (χ2n) is 6.21. The average Bonchev–Trinajstić information content (AvgIpc) is 2.94. The van der Waals surface area contributed by atoms with Gasteiger partial charge in [0.1, 0.15) is 17.2 Å². The molecule has 0 unspecified atom stereocenters. The van der Waals surface area contributed by atoms with Crippen molar-refractivity contribution in [2.75, 3.05) is 6.61 Å². The number of halogens is 1. The SMILES string of the molecule is CCc1nc2c(C)cc(C)nc2n1Cc1ccc(/C=C(\F)CO)cc1. The summed E-state index contributed by atoms with van der Waals surface area (Å²) in [5, 5.41) is 8.76. The van der Waals surface area contributed by atoms with Gasteiger partial charge in [0.25, 0.3) is 0 Å².